The van der Waals surface area contributed by atoms with Gasteiger partial charge in [0, 0.05) is 17.8 Å². The van der Waals surface area contributed by atoms with Gasteiger partial charge >= 0.3 is 0 Å². The van der Waals surface area contributed by atoms with Gasteiger partial charge in [0.05, 0.1) is 12.3 Å². The highest BCUT2D eigenvalue weighted by Crippen LogP contribution is 2.24. The highest BCUT2D eigenvalue weighted by Gasteiger charge is 2.18. The van der Waals surface area contributed by atoms with Crippen molar-refractivity contribution in [2.24, 2.45) is 0 Å². The number of aromatic nitrogens is 1. The molecule has 0 spiro atoms. The van der Waals surface area contributed by atoms with E-state index in [0.717, 1.165) is 29.9 Å². The molecule has 1 N–H and O–H groups in total. The summed E-state index contributed by atoms with van der Waals surface area (Å²) in [6.45, 7) is 9.28. The van der Waals surface area contributed by atoms with Crippen LogP contribution in [0.5, 0.6) is 5.75 Å². The average molecular weight is 232 g/mol. The van der Waals surface area contributed by atoms with Gasteiger partial charge in [-0.3, -0.25) is 4.98 Å². The fourth-order valence-electron chi connectivity index (χ4n) is 2.11. The molecule has 1 aromatic heterocycles. The quantitative estimate of drug-likeness (QED) is 0.866. The summed E-state index contributed by atoms with van der Waals surface area (Å²) in [7, 11) is 0. The Hall–Kier alpha value is -1.35. The summed E-state index contributed by atoms with van der Waals surface area (Å²) in [6, 6.07) is 2.42. The van der Waals surface area contributed by atoms with E-state index in [4.69, 9.17) is 4.74 Å². The first-order chi connectivity index (χ1) is 8.16. The van der Waals surface area contributed by atoms with Crippen LogP contribution in [0.25, 0.3) is 5.57 Å². The fourth-order valence-corrected chi connectivity index (χ4v) is 2.11. The van der Waals surface area contributed by atoms with Crippen molar-refractivity contribution < 1.29 is 4.74 Å². The van der Waals surface area contributed by atoms with E-state index in [9.17, 15) is 0 Å². The molecule has 92 valence electrons. The zero-order chi connectivity index (χ0) is 12.3. The SMILES string of the molecule is C=C(c1cncc(OC(C)C)c1)[C@H]1CCCN1. The first kappa shape index (κ1) is 12.1. The molecule has 1 aromatic rings. The zero-order valence-corrected chi connectivity index (χ0v) is 10.6. The maximum Gasteiger partial charge on any atom is 0.138 e. The summed E-state index contributed by atoms with van der Waals surface area (Å²) >= 11 is 0. The molecule has 3 heteroatoms. The minimum absolute atomic E-state index is 0.171. The van der Waals surface area contributed by atoms with Crippen molar-refractivity contribution in [2.45, 2.75) is 38.8 Å². The van der Waals surface area contributed by atoms with Gasteiger partial charge in [0.25, 0.3) is 0 Å². The highest BCUT2D eigenvalue weighted by atomic mass is 16.5. The van der Waals surface area contributed by atoms with Gasteiger partial charge in [-0.15, -0.1) is 0 Å². The van der Waals surface area contributed by atoms with E-state index in [1.54, 1.807) is 6.20 Å². The summed E-state index contributed by atoms with van der Waals surface area (Å²) in [6.07, 6.45) is 6.16. The highest BCUT2D eigenvalue weighted by molar-refractivity contribution is 5.68. The summed E-state index contributed by atoms with van der Waals surface area (Å²) in [5.41, 5.74) is 2.19. The van der Waals surface area contributed by atoms with Crippen LogP contribution in [0.15, 0.2) is 25.0 Å². The van der Waals surface area contributed by atoms with Crippen LogP contribution in [0.1, 0.15) is 32.3 Å². The molecule has 2 heterocycles. The molecule has 2 rings (SSSR count). The summed E-state index contributed by atoms with van der Waals surface area (Å²) in [5.74, 6) is 0.816. The van der Waals surface area contributed by atoms with Gasteiger partial charge in [-0.1, -0.05) is 6.58 Å². The molecule has 3 nitrogen and oxygen atoms in total. The lowest BCUT2D eigenvalue weighted by Gasteiger charge is -2.15. The van der Waals surface area contributed by atoms with Gasteiger partial charge in [-0.05, 0) is 44.9 Å². The Morgan fingerprint density at radius 1 is 1.53 bits per heavy atom. The Morgan fingerprint density at radius 2 is 2.35 bits per heavy atom. The first-order valence-corrected chi connectivity index (χ1v) is 6.21. The maximum atomic E-state index is 5.64. The van der Waals surface area contributed by atoms with Gasteiger partial charge in [0.15, 0.2) is 0 Å². The van der Waals surface area contributed by atoms with Crippen LogP contribution < -0.4 is 10.1 Å². The number of ether oxygens (including phenoxy) is 1. The molecule has 0 unspecified atom stereocenters. The molecule has 1 saturated heterocycles. The normalized spacial score (nSPS) is 19.6. The van der Waals surface area contributed by atoms with E-state index in [1.165, 1.54) is 6.42 Å². The van der Waals surface area contributed by atoms with Gasteiger partial charge in [-0.25, -0.2) is 0 Å². The molecule has 0 aromatic carbocycles. The van der Waals surface area contributed by atoms with E-state index >= 15 is 0 Å². The minimum atomic E-state index is 0.171. The minimum Gasteiger partial charge on any atom is -0.489 e. The van der Waals surface area contributed by atoms with Crippen LogP contribution in [-0.4, -0.2) is 23.7 Å². The second kappa shape index (κ2) is 5.32. The van der Waals surface area contributed by atoms with Gasteiger partial charge in [-0.2, -0.15) is 0 Å². The van der Waals surface area contributed by atoms with E-state index in [-0.39, 0.29) is 6.10 Å². The lowest BCUT2D eigenvalue weighted by molar-refractivity contribution is 0.241. The lowest BCUT2D eigenvalue weighted by atomic mass is 10.0. The van der Waals surface area contributed by atoms with Crippen molar-refractivity contribution in [3.05, 3.63) is 30.6 Å². The van der Waals surface area contributed by atoms with E-state index in [0.29, 0.717) is 6.04 Å². The van der Waals surface area contributed by atoms with Gasteiger partial charge in [0.1, 0.15) is 5.75 Å². The molecular weight excluding hydrogens is 212 g/mol. The van der Waals surface area contributed by atoms with E-state index < -0.39 is 0 Å². The third-order valence-corrected chi connectivity index (χ3v) is 2.94. The summed E-state index contributed by atoms with van der Waals surface area (Å²) in [5, 5.41) is 3.45. The number of pyridine rings is 1. The molecule has 1 aliphatic rings. The third kappa shape index (κ3) is 3.07. The van der Waals surface area contributed by atoms with E-state index in [1.807, 2.05) is 26.1 Å². The average Bonchev–Trinajstić information content (AvgIpc) is 2.81. The van der Waals surface area contributed by atoms with Gasteiger partial charge in [0.2, 0.25) is 0 Å². The number of rotatable bonds is 4. The molecule has 1 atom stereocenters. The third-order valence-electron chi connectivity index (χ3n) is 2.94. The predicted octanol–water partition coefficient (Wildman–Crippen LogP) is 2.63. The monoisotopic (exact) mass is 232 g/mol. The second-order valence-corrected chi connectivity index (χ2v) is 4.75. The molecule has 17 heavy (non-hydrogen) atoms. The summed E-state index contributed by atoms with van der Waals surface area (Å²) in [4.78, 5) is 4.22. The lowest BCUT2D eigenvalue weighted by Crippen LogP contribution is -2.22. The van der Waals surface area contributed by atoms with Crippen LogP contribution in [-0.2, 0) is 0 Å². The van der Waals surface area contributed by atoms with Crippen LogP contribution in [0, 0.1) is 0 Å². The smallest absolute Gasteiger partial charge is 0.138 e. The first-order valence-electron chi connectivity index (χ1n) is 6.21. The molecule has 0 saturated carbocycles. The van der Waals surface area contributed by atoms with Crippen LogP contribution in [0.2, 0.25) is 0 Å². The molecule has 1 fully saturated rings. The number of nitrogens with one attached hydrogen (secondary N) is 1. The molecule has 0 bridgehead atoms. The Morgan fingerprint density at radius 3 is 3.00 bits per heavy atom. The molecule has 0 radical (unpaired) electrons. The molecule has 1 aliphatic heterocycles. The van der Waals surface area contributed by atoms with Crippen molar-refractivity contribution in [3.63, 3.8) is 0 Å². The number of hydrogen-bond donors (Lipinski definition) is 1. The Labute approximate surface area is 103 Å². The van der Waals surface area contributed by atoms with Crippen LogP contribution in [0.3, 0.4) is 0 Å². The number of hydrogen-bond acceptors (Lipinski definition) is 3. The van der Waals surface area contributed by atoms with Crippen LogP contribution in [0.4, 0.5) is 0 Å². The van der Waals surface area contributed by atoms with Crippen LogP contribution >= 0.6 is 0 Å². The van der Waals surface area contributed by atoms with Crippen molar-refractivity contribution in [2.75, 3.05) is 6.54 Å². The topological polar surface area (TPSA) is 34.1 Å². The molecule has 0 amide bonds. The predicted molar refractivity (Wildman–Crippen MR) is 70.1 cm³/mol. The maximum absolute atomic E-state index is 5.64. The van der Waals surface area contributed by atoms with Crippen molar-refractivity contribution >= 4 is 5.57 Å². The Balaban J connectivity index is 2.12. The fraction of sp³-hybridized carbons (Fsp3) is 0.500. The second-order valence-electron chi connectivity index (χ2n) is 4.75. The van der Waals surface area contributed by atoms with E-state index in [2.05, 4.69) is 16.9 Å². The van der Waals surface area contributed by atoms with Crippen molar-refractivity contribution in [1.29, 1.82) is 0 Å². The standard InChI is InChI=1S/C14H20N2O/c1-10(2)17-13-7-12(8-15-9-13)11(3)14-5-4-6-16-14/h7-10,14,16H,3-6H2,1-2H3/t14-/m1/s1. The van der Waals surface area contributed by atoms with Crippen molar-refractivity contribution in [1.82, 2.24) is 10.3 Å². The van der Waals surface area contributed by atoms with Crippen molar-refractivity contribution in [3.8, 4) is 5.75 Å². The largest absolute Gasteiger partial charge is 0.489 e. The summed E-state index contributed by atoms with van der Waals surface area (Å²) < 4.78 is 5.64. The zero-order valence-electron chi connectivity index (χ0n) is 10.6. The Bertz CT molecular complexity index is 395. The molecular formula is C14H20N2O. The number of nitrogens with zero attached hydrogens (tertiary/aromatic N) is 1. The molecule has 0 aliphatic carbocycles. The van der Waals surface area contributed by atoms with Gasteiger partial charge < -0.3 is 10.1 Å². The Kier molecular flexibility index (Phi) is 3.79.